The molecule has 0 fully saturated rings. The summed E-state index contributed by atoms with van der Waals surface area (Å²) in [4.78, 5) is 13.4. The lowest BCUT2D eigenvalue weighted by Crippen LogP contribution is -2.24. The summed E-state index contributed by atoms with van der Waals surface area (Å²) in [6.07, 6.45) is 6.86. The lowest BCUT2D eigenvalue weighted by atomic mass is 10.1. The Kier molecular flexibility index (Phi) is 6.07. The average molecular weight is 489 g/mol. The van der Waals surface area contributed by atoms with Crippen LogP contribution < -0.4 is 9.75 Å². The van der Waals surface area contributed by atoms with Crippen LogP contribution >= 0.6 is 11.6 Å². The summed E-state index contributed by atoms with van der Waals surface area (Å²) < 4.78 is 14.4. The number of anilines is 1. The van der Waals surface area contributed by atoms with Crippen LogP contribution in [-0.4, -0.2) is 51.8 Å². The van der Waals surface area contributed by atoms with Gasteiger partial charge in [0.2, 0.25) is 5.78 Å². The van der Waals surface area contributed by atoms with E-state index in [1.807, 2.05) is 42.6 Å². The Bertz CT molecular complexity index is 1440. The fraction of sp³-hybridized carbons (Fsp3) is 0.120. The molecule has 1 aliphatic rings. The van der Waals surface area contributed by atoms with Crippen LogP contribution in [0.1, 0.15) is 5.69 Å². The third-order valence-corrected chi connectivity index (χ3v) is 5.71. The Morgan fingerprint density at radius 2 is 1.83 bits per heavy atom. The number of ether oxygens (including phenoxy) is 2. The van der Waals surface area contributed by atoms with Crippen LogP contribution in [0.25, 0.3) is 11.4 Å². The van der Waals surface area contributed by atoms with Crippen molar-refractivity contribution in [1.29, 1.82) is 0 Å². The van der Waals surface area contributed by atoms with Crippen molar-refractivity contribution in [2.24, 2.45) is 5.10 Å². The van der Waals surface area contributed by atoms with E-state index >= 15 is 0 Å². The van der Waals surface area contributed by atoms with E-state index in [0.29, 0.717) is 34.4 Å². The number of hydrazone groups is 1. The molecule has 0 unspecified atom stereocenters. The van der Waals surface area contributed by atoms with Gasteiger partial charge in [-0.05, 0) is 48.5 Å². The number of nitrogens with zero attached hydrogens (tertiary/aromatic N) is 6. The maximum Gasteiger partial charge on any atom is 0.249 e. The molecule has 0 bridgehead atoms. The molecule has 3 heterocycles. The van der Waals surface area contributed by atoms with Gasteiger partial charge in [-0.2, -0.15) is 15.3 Å². The van der Waals surface area contributed by atoms with E-state index in [9.17, 15) is 4.79 Å². The number of carbonyl (C=O) groups excluding carboxylic acids is 1. The predicted molar refractivity (Wildman–Crippen MR) is 133 cm³/mol. The minimum atomic E-state index is -0.356. The summed E-state index contributed by atoms with van der Waals surface area (Å²) in [5.41, 5.74) is 2.88. The third-order valence-electron chi connectivity index (χ3n) is 5.48. The second-order valence-corrected chi connectivity index (χ2v) is 7.98. The van der Waals surface area contributed by atoms with E-state index < -0.39 is 0 Å². The molecule has 0 aliphatic carbocycles. The monoisotopic (exact) mass is 488 g/mol. The molecule has 10 heteroatoms. The fourth-order valence-corrected chi connectivity index (χ4v) is 4.01. The molecule has 4 aromatic rings. The largest absolute Gasteiger partial charge is 0.494 e. The lowest BCUT2D eigenvalue weighted by Gasteiger charge is -2.21. The van der Waals surface area contributed by atoms with E-state index in [1.165, 1.54) is 7.11 Å². The number of hydrogen-bond donors (Lipinski definition) is 0. The summed E-state index contributed by atoms with van der Waals surface area (Å²) in [5.74, 6) is 0.411. The number of ketones is 1. The fourth-order valence-electron chi connectivity index (χ4n) is 3.82. The van der Waals surface area contributed by atoms with E-state index in [1.54, 1.807) is 58.2 Å². The minimum absolute atomic E-state index is 0.172. The molecule has 2 aromatic heterocycles. The summed E-state index contributed by atoms with van der Waals surface area (Å²) in [5, 5.41) is 15.7. The number of benzene rings is 2. The molecule has 0 spiro atoms. The second kappa shape index (κ2) is 9.47. The molecule has 0 radical (unpaired) electrons. The molecule has 9 nitrogen and oxygen atoms in total. The Morgan fingerprint density at radius 1 is 0.943 bits per heavy atom. The molecule has 176 valence electrons. The Balaban J connectivity index is 1.62. The van der Waals surface area contributed by atoms with Crippen LogP contribution in [0.4, 0.5) is 5.69 Å². The number of rotatable bonds is 6. The summed E-state index contributed by atoms with van der Waals surface area (Å²) in [6, 6.07) is 16.4. The first kappa shape index (κ1) is 22.4. The molecule has 2 aromatic carbocycles. The van der Waals surface area contributed by atoms with Gasteiger partial charge in [-0.3, -0.25) is 9.80 Å². The van der Waals surface area contributed by atoms with Gasteiger partial charge in [-0.15, -0.1) is 0 Å². The first-order valence-electron chi connectivity index (χ1n) is 10.7. The first-order chi connectivity index (χ1) is 17.1. The average Bonchev–Trinajstić information content (AvgIpc) is 3.56. The topological polar surface area (TPSA) is 86.8 Å². The highest BCUT2D eigenvalue weighted by Crippen LogP contribution is 2.32. The Labute approximate surface area is 206 Å². The number of carbonyl (C=O) groups is 1. The van der Waals surface area contributed by atoms with Gasteiger partial charge < -0.3 is 9.47 Å². The van der Waals surface area contributed by atoms with Crippen molar-refractivity contribution in [2.75, 3.05) is 25.8 Å². The van der Waals surface area contributed by atoms with Gasteiger partial charge in [0.05, 0.1) is 44.0 Å². The maximum absolute atomic E-state index is 13.4. The zero-order valence-electron chi connectivity index (χ0n) is 19.0. The first-order valence-corrected chi connectivity index (χ1v) is 11.1. The molecule has 0 atom stereocenters. The number of Topliss-reactive ketones (excluding diaryl/α,β-unsaturated/α-hetero) is 1. The number of halogens is 1. The quantitative estimate of drug-likeness (QED) is 0.407. The molecule has 0 amide bonds. The van der Waals surface area contributed by atoms with Crippen molar-refractivity contribution < 1.29 is 14.3 Å². The second-order valence-electron chi connectivity index (χ2n) is 7.55. The lowest BCUT2D eigenvalue weighted by molar-refractivity contribution is -0.112. The standard InChI is InChI=1S/C25H21ClN6O3/c1-34-22-10-14-31(20-8-7-18(16-23(20)35-2)30-13-4-11-27-30)29-24(25(22)33)21-9-12-28-32(21)19-6-3-5-17(26)15-19/h3-13,15-16H,14H2,1-2H3. The van der Waals surface area contributed by atoms with Crippen LogP contribution in [0, 0.1) is 0 Å². The Morgan fingerprint density at radius 3 is 2.57 bits per heavy atom. The van der Waals surface area contributed by atoms with E-state index in [0.717, 1.165) is 5.69 Å². The highest BCUT2D eigenvalue weighted by Gasteiger charge is 2.28. The molecule has 0 saturated heterocycles. The maximum atomic E-state index is 13.4. The van der Waals surface area contributed by atoms with Gasteiger partial charge in [-0.1, -0.05) is 17.7 Å². The number of methoxy groups -OCH3 is 2. The molecule has 1 aliphatic heterocycles. The normalized spacial score (nSPS) is 13.8. The van der Waals surface area contributed by atoms with Crippen molar-refractivity contribution in [3.8, 4) is 17.1 Å². The van der Waals surface area contributed by atoms with Gasteiger partial charge in [0.1, 0.15) is 11.4 Å². The number of hydrogen-bond acceptors (Lipinski definition) is 7. The van der Waals surface area contributed by atoms with Crippen LogP contribution in [0.2, 0.25) is 5.02 Å². The van der Waals surface area contributed by atoms with Crippen LogP contribution in [-0.2, 0) is 9.53 Å². The summed E-state index contributed by atoms with van der Waals surface area (Å²) in [7, 11) is 3.05. The van der Waals surface area contributed by atoms with Crippen molar-refractivity contribution in [1.82, 2.24) is 19.6 Å². The zero-order chi connectivity index (χ0) is 24.4. The molecule has 5 rings (SSSR count). The molecular formula is C25H21ClN6O3. The van der Waals surface area contributed by atoms with E-state index in [4.69, 9.17) is 26.2 Å². The van der Waals surface area contributed by atoms with Crippen LogP contribution in [0.5, 0.6) is 5.75 Å². The predicted octanol–water partition coefficient (Wildman–Crippen LogP) is 4.04. The van der Waals surface area contributed by atoms with Gasteiger partial charge in [0, 0.05) is 23.5 Å². The van der Waals surface area contributed by atoms with Gasteiger partial charge in [0.15, 0.2) is 11.5 Å². The van der Waals surface area contributed by atoms with Gasteiger partial charge in [0.25, 0.3) is 0 Å². The SMILES string of the molecule is COC1=CCN(c2ccc(-n3cccn3)cc2OC)N=C(c2ccnn2-c2cccc(Cl)c2)C1=O. The Hall–Kier alpha value is -4.37. The van der Waals surface area contributed by atoms with Crippen molar-refractivity contribution in [3.05, 3.63) is 95.7 Å². The molecule has 0 N–H and O–H groups in total. The highest BCUT2D eigenvalue weighted by atomic mass is 35.5. The van der Waals surface area contributed by atoms with Gasteiger partial charge in [-0.25, -0.2) is 9.36 Å². The molecule has 35 heavy (non-hydrogen) atoms. The highest BCUT2D eigenvalue weighted by molar-refractivity contribution is 6.50. The smallest absolute Gasteiger partial charge is 0.249 e. The van der Waals surface area contributed by atoms with E-state index in [2.05, 4.69) is 10.2 Å². The van der Waals surface area contributed by atoms with E-state index in [-0.39, 0.29) is 17.3 Å². The van der Waals surface area contributed by atoms with Crippen LogP contribution in [0.3, 0.4) is 0 Å². The number of aromatic nitrogens is 4. The zero-order valence-corrected chi connectivity index (χ0v) is 19.8. The molecule has 0 saturated carbocycles. The van der Waals surface area contributed by atoms with Crippen molar-refractivity contribution in [2.45, 2.75) is 0 Å². The summed E-state index contributed by atoms with van der Waals surface area (Å²) in [6.45, 7) is 0.293. The van der Waals surface area contributed by atoms with Crippen LogP contribution in [0.15, 0.2) is 90.1 Å². The third kappa shape index (κ3) is 4.29. The minimum Gasteiger partial charge on any atom is -0.494 e. The summed E-state index contributed by atoms with van der Waals surface area (Å²) >= 11 is 6.19. The molecular weight excluding hydrogens is 468 g/mol. The van der Waals surface area contributed by atoms with Crippen molar-refractivity contribution in [3.63, 3.8) is 0 Å². The van der Waals surface area contributed by atoms with Gasteiger partial charge >= 0.3 is 0 Å². The number of allylic oxidation sites excluding steroid dienone is 1. The van der Waals surface area contributed by atoms with Crippen molar-refractivity contribution >= 4 is 28.8 Å².